The third kappa shape index (κ3) is 2.13. The van der Waals surface area contributed by atoms with Gasteiger partial charge in [-0.3, -0.25) is 10.1 Å². The maximum Gasteiger partial charge on any atom is 0.292 e. The van der Waals surface area contributed by atoms with Crippen molar-refractivity contribution in [2.45, 2.75) is 0 Å². The molecule has 0 bridgehead atoms. The summed E-state index contributed by atoms with van der Waals surface area (Å²) in [6, 6.07) is 8.46. The minimum absolute atomic E-state index is 0.0868. The number of nitrogens with zero attached hydrogens (tertiary/aromatic N) is 1. The molecule has 1 aromatic heterocycles. The number of hydrogen-bond acceptors (Lipinski definition) is 4. The van der Waals surface area contributed by atoms with Crippen LogP contribution in [-0.4, -0.2) is 4.92 Å². The molecule has 0 unspecified atom stereocenters. The number of nitro benzene ring substituents is 1. The average molecular weight is 220 g/mol. The summed E-state index contributed by atoms with van der Waals surface area (Å²) >= 11 is 1.54. The molecular weight excluding hydrogens is 212 g/mol. The first-order valence-electron chi connectivity index (χ1n) is 4.30. The predicted molar refractivity (Wildman–Crippen MR) is 60.7 cm³/mol. The van der Waals surface area contributed by atoms with Crippen molar-refractivity contribution < 1.29 is 4.92 Å². The Hall–Kier alpha value is -1.88. The molecule has 0 aliphatic heterocycles. The fourth-order valence-corrected chi connectivity index (χ4v) is 1.82. The zero-order valence-corrected chi connectivity index (χ0v) is 8.53. The number of benzene rings is 1. The van der Waals surface area contributed by atoms with Gasteiger partial charge in [-0.2, -0.15) is 11.3 Å². The highest BCUT2D eigenvalue weighted by Gasteiger charge is 2.11. The largest absolute Gasteiger partial charge is 0.349 e. The van der Waals surface area contributed by atoms with Crippen LogP contribution in [0.5, 0.6) is 0 Å². The Kier molecular flexibility index (Phi) is 2.64. The molecule has 4 nitrogen and oxygen atoms in total. The highest BCUT2D eigenvalue weighted by atomic mass is 32.1. The normalized spacial score (nSPS) is 9.87. The lowest BCUT2D eigenvalue weighted by Gasteiger charge is -2.03. The van der Waals surface area contributed by atoms with Gasteiger partial charge in [0, 0.05) is 17.1 Å². The maximum atomic E-state index is 10.7. The molecule has 0 fully saturated rings. The number of nitro groups is 1. The van der Waals surface area contributed by atoms with Crippen LogP contribution in [0.15, 0.2) is 41.1 Å². The lowest BCUT2D eigenvalue weighted by atomic mass is 10.2. The number of rotatable bonds is 3. The summed E-state index contributed by atoms with van der Waals surface area (Å²) in [5.41, 5.74) is 1.47. The number of nitrogens with one attached hydrogen (secondary N) is 1. The second-order valence-corrected chi connectivity index (χ2v) is 3.69. The van der Waals surface area contributed by atoms with Crippen molar-refractivity contribution in [3.05, 3.63) is 51.2 Å². The Balaban J connectivity index is 2.32. The standard InChI is InChI=1S/C10H8N2O2S/c13-12(14)10-4-2-1-3-9(10)11-8-5-6-15-7-8/h1-7,11H. The van der Waals surface area contributed by atoms with Crippen LogP contribution in [-0.2, 0) is 0 Å². The molecular formula is C10H8N2O2S. The van der Waals surface area contributed by atoms with Crippen molar-refractivity contribution in [1.82, 2.24) is 0 Å². The van der Waals surface area contributed by atoms with Crippen LogP contribution in [0.3, 0.4) is 0 Å². The summed E-state index contributed by atoms with van der Waals surface area (Å²) in [7, 11) is 0. The van der Waals surface area contributed by atoms with Crippen LogP contribution in [0.25, 0.3) is 0 Å². The summed E-state index contributed by atoms with van der Waals surface area (Å²) < 4.78 is 0. The topological polar surface area (TPSA) is 55.2 Å². The number of thiophene rings is 1. The summed E-state index contributed by atoms with van der Waals surface area (Å²) in [6.07, 6.45) is 0. The Morgan fingerprint density at radius 1 is 1.27 bits per heavy atom. The van der Waals surface area contributed by atoms with Gasteiger partial charge in [-0.15, -0.1) is 0 Å². The van der Waals surface area contributed by atoms with E-state index in [4.69, 9.17) is 0 Å². The molecule has 2 rings (SSSR count). The summed E-state index contributed by atoms with van der Waals surface area (Å²) in [5.74, 6) is 0. The molecule has 15 heavy (non-hydrogen) atoms. The maximum absolute atomic E-state index is 10.7. The summed E-state index contributed by atoms with van der Waals surface area (Å²) in [5, 5.41) is 17.5. The van der Waals surface area contributed by atoms with Gasteiger partial charge in [0.05, 0.1) is 4.92 Å². The van der Waals surface area contributed by atoms with Crippen molar-refractivity contribution in [3.63, 3.8) is 0 Å². The zero-order chi connectivity index (χ0) is 10.7. The van der Waals surface area contributed by atoms with E-state index in [9.17, 15) is 10.1 Å². The Labute approximate surface area is 90.3 Å². The van der Waals surface area contributed by atoms with Crippen LogP contribution in [0.2, 0.25) is 0 Å². The van der Waals surface area contributed by atoms with E-state index in [2.05, 4.69) is 5.32 Å². The molecule has 1 N–H and O–H groups in total. The smallest absolute Gasteiger partial charge is 0.292 e. The predicted octanol–water partition coefficient (Wildman–Crippen LogP) is 3.40. The molecule has 1 aromatic carbocycles. The van der Waals surface area contributed by atoms with Gasteiger partial charge in [0.2, 0.25) is 0 Å². The van der Waals surface area contributed by atoms with E-state index >= 15 is 0 Å². The van der Waals surface area contributed by atoms with Crippen LogP contribution in [0.4, 0.5) is 17.1 Å². The minimum atomic E-state index is -0.394. The van der Waals surface area contributed by atoms with Crippen molar-refractivity contribution in [2.75, 3.05) is 5.32 Å². The third-order valence-electron chi connectivity index (χ3n) is 1.90. The zero-order valence-electron chi connectivity index (χ0n) is 7.71. The second kappa shape index (κ2) is 4.10. The molecule has 0 saturated heterocycles. The third-order valence-corrected chi connectivity index (χ3v) is 2.58. The SMILES string of the molecule is O=[N+]([O-])c1ccccc1Nc1ccsc1. The second-order valence-electron chi connectivity index (χ2n) is 2.91. The van der Waals surface area contributed by atoms with Gasteiger partial charge in [-0.05, 0) is 17.5 Å². The van der Waals surface area contributed by atoms with Gasteiger partial charge in [0.15, 0.2) is 0 Å². The molecule has 5 heteroatoms. The van der Waals surface area contributed by atoms with Crippen LogP contribution in [0.1, 0.15) is 0 Å². The lowest BCUT2D eigenvalue weighted by molar-refractivity contribution is -0.383. The number of para-hydroxylation sites is 2. The molecule has 0 spiro atoms. The first-order chi connectivity index (χ1) is 7.27. The van der Waals surface area contributed by atoms with E-state index < -0.39 is 4.92 Å². The van der Waals surface area contributed by atoms with Crippen molar-refractivity contribution >= 4 is 28.4 Å². The molecule has 0 saturated carbocycles. The number of hydrogen-bond donors (Lipinski definition) is 1. The van der Waals surface area contributed by atoms with Crippen molar-refractivity contribution in [1.29, 1.82) is 0 Å². The van der Waals surface area contributed by atoms with Crippen LogP contribution < -0.4 is 5.32 Å². The molecule has 76 valence electrons. The Morgan fingerprint density at radius 2 is 2.07 bits per heavy atom. The highest BCUT2D eigenvalue weighted by Crippen LogP contribution is 2.27. The molecule has 0 atom stereocenters. The minimum Gasteiger partial charge on any atom is -0.349 e. The summed E-state index contributed by atoms with van der Waals surface area (Å²) in [4.78, 5) is 10.3. The monoisotopic (exact) mass is 220 g/mol. The van der Waals surface area contributed by atoms with E-state index in [1.54, 1.807) is 29.5 Å². The molecule has 0 amide bonds. The van der Waals surface area contributed by atoms with E-state index in [1.165, 1.54) is 6.07 Å². The average Bonchev–Trinajstić information content (AvgIpc) is 2.71. The van der Waals surface area contributed by atoms with Crippen LogP contribution in [0, 0.1) is 10.1 Å². The fraction of sp³-hybridized carbons (Fsp3) is 0. The molecule has 0 aliphatic carbocycles. The van der Waals surface area contributed by atoms with Gasteiger partial charge in [0.25, 0.3) is 5.69 Å². The molecule has 0 radical (unpaired) electrons. The van der Waals surface area contributed by atoms with Gasteiger partial charge in [-0.25, -0.2) is 0 Å². The van der Waals surface area contributed by atoms with Gasteiger partial charge in [-0.1, -0.05) is 12.1 Å². The molecule has 2 aromatic rings. The quantitative estimate of drug-likeness (QED) is 0.637. The van der Waals surface area contributed by atoms with E-state index in [0.29, 0.717) is 5.69 Å². The first-order valence-corrected chi connectivity index (χ1v) is 5.24. The Bertz CT molecular complexity index is 468. The van der Waals surface area contributed by atoms with Crippen LogP contribution >= 0.6 is 11.3 Å². The van der Waals surface area contributed by atoms with E-state index in [-0.39, 0.29) is 5.69 Å². The first kappa shape index (κ1) is 9.67. The number of anilines is 2. The van der Waals surface area contributed by atoms with Crippen molar-refractivity contribution in [3.8, 4) is 0 Å². The van der Waals surface area contributed by atoms with Gasteiger partial charge < -0.3 is 5.32 Å². The van der Waals surface area contributed by atoms with Crippen molar-refractivity contribution in [2.24, 2.45) is 0 Å². The van der Waals surface area contributed by atoms with Gasteiger partial charge in [0.1, 0.15) is 5.69 Å². The highest BCUT2D eigenvalue weighted by molar-refractivity contribution is 7.08. The molecule has 0 aliphatic rings. The molecule has 1 heterocycles. The Morgan fingerprint density at radius 3 is 2.73 bits per heavy atom. The fourth-order valence-electron chi connectivity index (χ4n) is 1.23. The summed E-state index contributed by atoms with van der Waals surface area (Å²) in [6.45, 7) is 0. The van der Waals surface area contributed by atoms with E-state index in [1.807, 2.05) is 16.8 Å². The lowest BCUT2D eigenvalue weighted by Crippen LogP contribution is -1.95. The van der Waals surface area contributed by atoms with E-state index in [0.717, 1.165) is 5.69 Å². The van der Waals surface area contributed by atoms with Gasteiger partial charge >= 0.3 is 0 Å².